The molecule has 0 spiro atoms. The Hall–Kier alpha value is -3.48. The highest BCUT2D eigenvalue weighted by atomic mass is 16.5. The van der Waals surface area contributed by atoms with Gasteiger partial charge in [-0.15, -0.1) is 0 Å². The van der Waals surface area contributed by atoms with Gasteiger partial charge >= 0.3 is 0 Å². The van der Waals surface area contributed by atoms with E-state index in [1.165, 1.54) is 4.68 Å². The highest BCUT2D eigenvalue weighted by Crippen LogP contribution is 2.24. The Morgan fingerprint density at radius 1 is 1.23 bits per heavy atom. The van der Waals surface area contributed by atoms with Gasteiger partial charge in [-0.1, -0.05) is 6.07 Å². The van der Waals surface area contributed by atoms with Crippen LogP contribution in [0, 0.1) is 6.92 Å². The van der Waals surface area contributed by atoms with Crippen LogP contribution in [0.15, 0.2) is 53.6 Å². The molecule has 3 aromatic rings. The third-order valence-electron chi connectivity index (χ3n) is 4.05. The molecule has 1 aromatic carbocycles. The van der Waals surface area contributed by atoms with Gasteiger partial charge in [0, 0.05) is 23.5 Å². The first-order valence-corrected chi connectivity index (χ1v) is 7.96. The molecule has 0 unspecified atom stereocenters. The number of amides is 1. The zero-order valence-corrected chi connectivity index (χ0v) is 14.5. The lowest BCUT2D eigenvalue weighted by Gasteiger charge is -2.13. The number of nitrogens with zero attached hydrogens (tertiary/aromatic N) is 3. The van der Waals surface area contributed by atoms with Crippen molar-refractivity contribution in [3.8, 4) is 17.0 Å². The minimum absolute atomic E-state index is 0.127. The minimum atomic E-state index is -0.688. The summed E-state index contributed by atoms with van der Waals surface area (Å²) in [7, 11) is 1.57. The van der Waals surface area contributed by atoms with Crippen LogP contribution in [0.4, 0.5) is 0 Å². The van der Waals surface area contributed by atoms with Crippen LogP contribution in [-0.4, -0.2) is 27.8 Å². The van der Waals surface area contributed by atoms with Crippen LogP contribution in [0.2, 0.25) is 0 Å². The van der Waals surface area contributed by atoms with Gasteiger partial charge in [-0.05, 0) is 42.8 Å². The van der Waals surface area contributed by atoms with E-state index < -0.39 is 5.91 Å². The van der Waals surface area contributed by atoms with E-state index in [0.717, 1.165) is 5.56 Å². The van der Waals surface area contributed by atoms with Crippen LogP contribution in [0.25, 0.3) is 11.3 Å². The van der Waals surface area contributed by atoms with Crippen molar-refractivity contribution in [2.45, 2.75) is 13.5 Å². The van der Waals surface area contributed by atoms with Gasteiger partial charge < -0.3 is 10.5 Å². The highest BCUT2D eigenvalue weighted by Gasteiger charge is 2.20. The second kappa shape index (κ2) is 7.18. The quantitative estimate of drug-likeness (QED) is 0.756. The molecule has 2 heterocycles. The summed E-state index contributed by atoms with van der Waals surface area (Å²) in [4.78, 5) is 28.6. The first-order valence-electron chi connectivity index (χ1n) is 7.96. The molecule has 0 saturated heterocycles. The van der Waals surface area contributed by atoms with Crippen LogP contribution in [0.3, 0.4) is 0 Å². The summed E-state index contributed by atoms with van der Waals surface area (Å²) < 4.78 is 6.47. The third kappa shape index (κ3) is 3.32. The molecular formula is C19H18N4O3. The smallest absolute Gasteiger partial charge is 0.270 e. The van der Waals surface area contributed by atoms with Crippen molar-refractivity contribution >= 4 is 5.91 Å². The second-order valence-corrected chi connectivity index (χ2v) is 5.77. The van der Waals surface area contributed by atoms with E-state index in [9.17, 15) is 9.59 Å². The Labute approximate surface area is 150 Å². The maximum Gasteiger partial charge on any atom is 0.270 e. The molecule has 0 aliphatic rings. The maximum atomic E-state index is 12.6. The van der Waals surface area contributed by atoms with E-state index in [2.05, 4.69) is 10.1 Å². The normalized spacial score (nSPS) is 10.5. The van der Waals surface area contributed by atoms with E-state index in [-0.39, 0.29) is 23.2 Å². The van der Waals surface area contributed by atoms with Crippen molar-refractivity contribution in [1.82, 2.24) is 14.8 Å². The highest BCUT2D eigenvalue weighted by molar-refractivity contribution is 6.00. The summed E-state index contributed by atoms with van der Waals surface area (Å²) in [5.41, 5.74) is 7.41. The molecule has 0 aliphatic carbocycles. The third-order valence-corrected chi connectivity index (χ3v) is 4.05. The van der Waals surface area contributed by atoms with Gasteiger partial charge in [0.1, 0.15) is 11.4 Å². The zero-order chi connectivity index (χ0) is 18.7. The van der Waals surface area contributed by atoms with Gasteiger partial charge in [0.05, 0.1) is 19.2 Å². The fraction of sp³-hybridized carbons (Fsp3) is 0.158. The average molecular weight is 350 g/mol. The SMILES string of the molecule is COc1ccc(-c2nn(Cc3cccnc3)c(=O)c(C)c2C(N)=O)cc1. The van der Waals surface area contributed by atoms with Gasteiger partial charge in [0.25, 0.3) is 11.5 Å². The van der Waals surface area contributed by atoms with Gasteiger partial charge in [-0.3, -0.25) is 14.6 Å². The van der Waals surface area contributed by atoms with Crippen molar-refractivity contribution in [1.29, 1.82) is 0 Å². The lowest BCUT2D eigenvalue weighted by atomic mass is 10.0. The molecule has 1 amide bonds. The Kier molecular flexibility index (Phi) is 4.79. The van der Waals surface area contributed by atoms with Crippen LogP contribution in [0.5, 0.6) is 5.75 Å². The number of carbonyl (C=O) groups is 1. The Morgan fingerprint density at radius 3 is 2.54 bits per heavy atom. The lowest BCUT2D eigenvalue weighted by molar-refractivity contribution is 0.0999. The number of nitrogens with two attached hydrogens (primary N) is 1. The van der Waals surface area contributed by atoms with Gasteiger partial charge in [0.2, 0.25) is 0 Å². The van der Waals surface area contributed by atoms with E-state index >= 15 is 0 Å². The largest absolute Gasteiger partial charge is 0.497 e. The minimum Gasteiger partial charge on any atom is -0.497 e. The first-order chi connectivity index (χ1) is 12.5. The van der Waals surface area contributed by atoms with Crippen LogP contribution in [-0.2, 0) is 6.54 Å². The molecule has 26 heavy (non-hydrogen) atoms. The molecule has 132 valence electrons. The van der Waals surface area contributed by atoms with E-state index in [4.69, 9.17) is 10.5 Å². The van der Waals surface area contributed by atoms with Gasteiger partial charge in [0.15, 0.2) is 0 Å². The summed E-state index contributed by atoms with van der Waals surface area (Å²) in [6.45, 7) is 1.83. The molecule has 0 atom stereocenters. The number of rotatable bonds is 5. The predicted octanol–water partition coefficient (Wildman–Crippen LogP) is 1.77. The fourth-order valence-electron chi connectivity index (χ4n) is 2.72. The van der Waals surface area contributed by atoms with Crippen molar-refractivity contribution < 1.29 is 9.53 Å². The monoisotopic (exact) mass is 350 g/mol. The van der Waals surface area contributed by atoms with Crippen molar-refractivity contribution in [3.63, 3.8) is 0 Å². The molecule has 0 aliphatic heterocycles. The average Bonchev–Trinajstić information content (AvgIpc) is 2.66. The van der Waals surface area contributed by atoms with Gasteiger partial charge in [-0.25, -0.2) is 4.68 Å². The molecule has 2 aromatic heterocycles. The number of ether oxygens (including phenoxy) is 1. The standard InChI is InChI=1S/C19H18N4O3/c1-12-16(18(20)24)17(14-5-7-15(26-2)8-6-14)22-23(19(12)25)11-13-4-3-9-21-10-13/h3-10H,11H2,1-2H3,(H2,20,24). The van der Waals surface area contributed by atoms with E-state index in [1.54, 1.807) is 56.8 Å². The molecule has 2 N–H and O–H groups in total. The second-order valence-electron chi connectivity index (χ2n) is 5.77. The predicted molar refractivity (Wildman–Crippen MR) is 97.1 cm³/mol. The van der Waals surface area contributed by atoms with E-state index in [1.807, 2.05) is 6.07 Å². The number of pyridine rings is 1. The number of carbonyl (C=O) groups excluding carboxylic acids is 1. The van der Waals surface area contributed by atoms with Gasteiger partial charge in [-0.2, -0.15) is 5.10 Å². The number of benzene rings is 1. The summed E-state index contributed by atoms with van der Waals surface area (Å²) in [5.74, 6) is -0.0128. The molecular weight excluding hydrogens is 332 g/mol. The van der Waals surface area contributed by atoms with E-state index in [0.29, 0.717) is 17.0 Å². The van der Waals surface area contributed by atoms with Crippen molar-refractivity contribution in [2.24, 2.45) is 5.73 Å². The van der Waals surface area contributed by atoms with Crippen LogP contribution < -0.4 is 16.0 Å². The summed E-state index contributed by atoms with van der Waals surface area (Å²) in [6.07, 6.45) is 3.32. The summed E-state index contributed by atoms with van der Waals surface area (Å²) >= 11 is 0. The first kappa shape index (κ1) is 17.3. The zero-order valence-electron chi connectivity index (χ0n) is 14.5. The summed E-state index contributed by atoms with van der Waals surface area (Å²) in [6, 6.07) is 10.7. The molecule has 3 rings (SSSR count). The van der Waals surface area contributed by atoms with Crippen LogP contribution in [0.1, 0.15) is 21.5 Å². The topological polar surface area (TPSA) is 100 Å². The number of hydrogen-bond acceptors (Lipinski definition) is 5. The van der Waals surface area contributed by atoms with Crippen LogP contribution >= 0.6 is 0 Å². The number of primary amides is 1. The lowest BCUT2D eigenvalue weighted by Crippen LogP contribution is -2.30. The molecule has 7 nitrogen and oxygen atoms in total. The molecule has 7 heteroatoms. The number of methoxy groups -OCH3 is 1. The Bertz CT molecular complexity index is 996. The fourth-order valence-corrected chi connectivity index (χ4v) is 2.72. The van der Waals surface area contributed by atoms with Crippen molar-refractivity contribution in [2.75, 3.05) is 7.11 Å². The number of aromatic nitrogens is 3. The number of hydrogen-bond donors (Lipinski definition) is 1. The Balaban J connectivity index is 2.17. The molecule has 0 radical (unpaired) electrons. The Morgan fingerprint density at radius 2 is 1.96 bits per heavy atom. The maximum absolute atomic E-state index is 12.6. The molecule has 0 bridgehead atoms. The molecule has 0 saturated carbocycles. The molecule has 0 fully saturated rings. The summed E-state index contributed by atoms with van der Waals surface area (Å²) in [5, 5.41) is 4.41. The van der Waals surface area contributed by atoms with Crippen molar-refractivity contribution in [3.05, 3.63) is 75.8 Å².